The maximum absolute atomic E-state index is 6.18. The van der Waals surface area contributed by atoms with Crippen molar-refractivity contribution in [3.05, 3.63) is 38.0 Å². The fraction of sp³-hybridized carbons (Fsp3) is 0.357. The summed E-state index contributed by atoms with van der Waals surface area (Å²) in [6.07, 6.45) is 1.01. The third kappa shape index (κ3) is 3.78. The first-order valence-corrected chi connectivity index (χ1v) is 8.17. The van der Waals surface area contributed by atoms with Crippen molar-refractivity contribution >= 4 is 46.2 Å². The maximum Gasteiger partial charge on any atom is 0.147 e. The lowest BCUT2D eigenvalue weighted by molar-refractivity contribution is 0.968. The van der Waals surface area contributed by atoms with Crippen LogP contribution in [0.25, 0.3) is 0 Å². The van der Waals surface area contributed by atoms with Gasteiger partial charge < -0.3 is 10.6 Å². The van der Waals surface area contributed by atoms with Gasteiger partial charge in [0.05, 0.1) is 10.0 Å². The highest BCUT2D eigenvalue weighted by atomic mass is 35.5. The second-order valence-electron chi connectivity index (χ2n) is 4.51. The van der Waals surface area contributed by atoms with E-state index in [0.29, 0.717) is 28.2 Å². The number of halogens is 2. The number of aryl methyl sites for hydroxylation is 1. The third-order valence-corrected chi connectivity index (χ3v) is 4.37. The van der Waals surface area contributed by atoms with Gasteiger partial charge in [0.2, 0.25) is 0 Å². The molecule has 20 heavy (non-hydrogen) atoms. The molecular weight excluding hydrogens is 313 g/mol. The van der Waals surface area contributed by atoms with Crippen LogP contribution < -0.4 is 10.6 Å². The zero-order valence-electron chi connectivity index (χ0n) is 11.5. The molecule has 2 heterocycles. The Morgan fingerprint density at radius 3 is 2.45 bits per heavy atom. The molecule has 0 amide bonds. The minimum atomic E-state index is 0.532. The van der Waals surface area contributed by atoms with Gasteiger partial charge in [0, 0.05) is 13.1 Å². The van der Waals surface area contributed by atoms with Gasteiger partial charge in [0.1, 0.15) is 11.6 Å². The van der Waals surface area contributed by atoms with Gasteiger partial charge in [-0.2, -0.15) is 11.3 Å². The number of aromatic nitrogens is 1. The Labute approximate surface area is 133 Å². The smallest absolute Gasteiger partial charge is 0.147 e. The van der Waals surface area contributed by atoms with E-state index in [1.165, 1.54) is 11.1 Å². The van der Waals surface area contributed by atoms with Crippen molar-refractivity contribution < 1.29 is 0 Å². The fourth-order valence-electron chi connectivity index (χ4n) is 1.70. The molecule has 2 N–H and O–H groups in total. The molecule has 0 radical (unpaired) electrons. The molecule has 0 fully saturated rings. The lowest BCUT2D eigenvalue weighted by Crippen LogP contribution is -2.07. The van der Waals surface area contributed by atoms with Gasteiger partial charge in [0.15, 0.2) is 0 Å². The van der Waals surface area contributed by atoms with E-state index in [1.807, 2.05) is 0 Å². The number of pyridine rings is 1. The molecule has 0 aliphatic heterocycles. The SMILES string of the molecule is CCCNc1nc(NCc2cscc2C)c(Cl)cc1Cl. The molecule has 2 aromatic heterocycles. The lowest BCUT2D eigenvalue weighted by Gasteiger charge is -2.12. The van der Waals surface area contributed by atoms with Crippen molar-refractivity contribution in [3.8, 4) is 0 Å². The summed E-state index contributed by atoms with van der Waals surface area (Å²) < 4.78 is 0. The topological polar surface area (TPSA) is 37.0 Å². The average Bonchev–Trinajstić information content (AvgIpc) is 2.82. The standard InChI is InChI=1S/C14H17Cl2N3S/c1-3-4-17-13-11(15)5-12(16)14(19-13)18-6-10-8-20-7-9(10)2/h5,7-8H,3-4,6H2,1-2H3,(H2,17,18,19). The largest absolute Gasteiger partial charge is 0.369 e. The van der Waals surface area contributed by atoms with Crippen molar-refractivity contribution in [1.82, 2.24) is 4.98 Å². The number of nitrogens with zero attached hydrogens (tertiary/aromatic N) is 1. The first-order chi connectivity index (χ1) is 9.61. The number of rotatable bonds is 6. The van der Waals surface area contributed by atoms with E-state index in [-0.39, 0.29) is 0 Å². The van der Waals surface area contributed by atoms with Gasteiger partial charge in [-0.15, -0.1) is 0 Å². The fourth-order valence-corrected chi connectivity index (χ4v) is 3.05. The van der Waals surface area contributed by atoms with E-state index >= 15 is 0 Å². The Bertz CT molecular complexity index is 584. The van der Waals surface area contributed by atoms with Crippen LogP contribution in [0.5, 0.6) is 0 Å². The van der Waals surface area contributed by atoms with Crippen molar-refractivity contribution in [2.24, 2.45) is 0 Å². The van der Waals surface area contributed by atoms with Crippen LogP contribution in [-0.4, -0.2) is 11.5 Å². The zero-order chi connectivity index (χ0) is 14.5. The van der Waals surface area contributed by atoms with E-state index in [9.17, 15) is 0 Å². The van der Waals surface area contributed by atoms with Gasteiger partial charge in [0.25, 0.3) is 0 Å². The number of thiophene rings is 1. The highest BCUT2D eigenvalue weighted by Crippen LogP contribution is 2.29. The van der Waals surface area contributed by atoms with Gasteiger partial charge in [-0.1, -0.05) is 30.1 Å². The molecule has 0 bridgehead atoms. The number of hydrogen-bond donors (Lipinski definition) is 2. The van der Waals surface area contributed by atoms with Crippen molar-refractivity contribution in [1.29, 1.82) is 0 Å². The molecule has 0 spiro atoms. The predicted molar refractivity (Wildman–Crippen MR) is 89.4 cm³/mol. The summed E-state index contributed by atoms with van der Waals surface area (Å²) in [6.45, 7) is 5.72. The summed E-state index contributed by atoms with van der Waals surface area (Å²) in [5.74, 6) is 1.32. The summed E-state index contributed by atoms with van der Waals surface area (Å²) in [5, 5.41) is 11.8. The van der Waals surface area contributed by atoms with Gasteiger partial charge >= 0.3 is 0 Å². The van der Waals surface area contributed by atoms with Crippen molar-refractivity contribution in [2.45, 2.75) is 26.8 Å². The maximum atomic E-state index is 6.18. The van der Waals surface area contributed by atoms with Crippen molar-refractivity contribution in [3.63, 3.8) is 0 Å². The second-order valence-corrected chi connectivity index (χ2v) is 6.07. The molecule has 0 saturated heterocycles. The molecule has 0 saturated carbocycles. The second kappa shape index (κ2) is 7.16. The summed E-state index contributed by atoms with van der Waals surface area (Å²) in [7, 11) is 0. The number of anilines is 2. The van der Waals surface area contributed by atoms with E-state index in [2.05, 4.69) is 40.2 Å². The van der Waals surface area contributed by atoms with Crippen molar-refractivity contribution in [2.75, 3.05) is 17.2 Å². The van der Waals surface area contributed by atoms with Gasteiger partial charge in [-0.3, -0.25) is 0 Å². The quantitative estimate of drug-likeness (QED) is 0.765. The summed E-state index contributed by atoms with van der Waals surface area (Å²) >= 11 is 14.0. The van der Waals surface area contributed by atoms with Crippen LogP contribution in [0.15, 0.2) is 16.8 Å². The van der Waals surface area contributed by atoms with Gasteiger partial charge in [-0.25, -0.2) is 4.98 Å². The van der Waals surface area contributed by atoms with Crippen LogP contribution >= 0.6 is 34.5 Å². The van der Waals surface area contributed by atoms with E-state index < -0.39 is 0 Å². The van der Waals surface area contributed by atoms with Gasteiger partial charge in [-0.05, 0) is 41.3 Å². The van der Waals surface area contributed by atoms with E-state index in [0.717, 1.165) is 13.0 Å². The van der Waals surface area contributed by atoms with Crippen LogP contribution in [0.4, 0.5) is 11.6 Å². The lowest BCUT2D eigenvalue weighted by atomic mass is 10.2. The van der Waals surface area contributed by atoms with E-state index in [1.54, 1.807) is 17.4 Å². The van der Waals surface area contributed by atoms with Crippen LogP contribution in [0.2, 0.25) is 10.0 Å². The first-order valence-electron chi connectivity index (χ1n) is 6.47. The normalized spacial score (nSPS) is 10.6. The molecule has 3 nitrogen and oxygen atoms in total. The van der Waals surface area contributed by atoms with Crippen LogP contribution in [0.1, 0.15) is 24.5 Å². The van der Waals surface area contributed by atoms with Crippen LogP contribution in [0.3, 0.4) is 0 Å². The monoisotopic (exact) mass is 329 g/mol. The molecule has 2 rings (SSSR count). The average molecular weight is 330 g/mol. The molecule has 108 valence electrons. The summed E-state index contributed by atoms with van der Waals surface area (Å²) in [5.41, 5.74) is 2.53. The highest BCUT2D eigenvalue weighted by Gasteiger charge is 2.09. The minimum Gasteiger partial charge on any atom is -0.369 e. The number of nitrogens with one attached hydrogen (secondary N) is 2. The molecule has 0 atom stereocenters. The molecule has 2 aromatic rings. The van der Waals surface area contributed by atoms with E-state index in [4.69, 9.17) is 23.2 Å². The molecule has 0 unspecified atom stereocenters. The Morgan fingerprint density at radius 1 is 1.15 bits per heavy atom. The van der Waals surface area contributed by atoms with Crippen LogP contribution in [-0.2, 0) is 6.54 Å². The zero-order valence-corrected chi connectivity index (χ0v) is 13.8. The Hall–Kier alpha value is -0.970. The molecule has 0 aromatic carbocycles. The Balaban J connectivity index is 2.12. The minimum absolute atomic E-state index is 0.532. The third-order valence-electron chi connectivity index (χ3n) is 2.88. The molecule has 0 aliphatic carbocycles. The molecular formula is C14H17Cl2N3S. The first kappa shape index (κ1) is 15.4. The molecule has 6 heteroatoms. The molecule has 0 aliphatic rings. The number of hydrogen-bond acceptors (Lipinski definition) is 4. The Morgan fingerprint density at radius 2 is 1.85 bits per heavy atom. The summed E-state index contributed by atoms with van der Waals surface area (Å²) in [6, 6.07) is 1.72. The van der Waals surface area contributed by atoms with Crippen LogP contribution in [0, 0.1) is 6.92 Å². The highest BCUT2D eigenvalue weighted by molar-refractivity contribution is 7.08. The summed E-state index contributed by atoms with van der Waals surface area (Å²) in [4.78, 5) is 4.46. The predicted octanol–water partition coefficient (Wildman–Crippen LogP) is 5.19. The Kier molecular flexibility index (Phi) is 5.52.